The van der Waals surface area contributed by atoms with E-state index in [4.69, 9.17) is 0 Å². The maximum Gasteiger partial charge on any atom is 0.323 e. The van der Waals surface area contributed by atoms with Crippen molar-refractivity contribution in [3.05, 3.63) is 29.8 Å². The highest BCUT2D eigenvalue weighted by atomic mass is 32.2. The Morgan fingerprint density at radius 1 is 1.19 bits per heavy atom. The van der Waals surface area contributed by atoms with Crippen LogP contribution >= 0.6 is 11.8 Å². The molecule has 1 saturated heterocycles. The number of carbonyl (C=O) groups is 3. The number of para-hydroxylation sites is 1. The molecule has 178 valence electrons. The quantitative estimate of drug-likeness (QED) is 0.368. The first-order valence-electron chi connectivity index (χ1n) is 10.8. The minimum absolute atomic E-state index is 0. The van der Waals surface area contributed by atoms with Crippen LogP contribution in [0, 0.1) is 5.92 Å². The molecule has 2 atom stereocenters. The van der Waals surface area contributed by atoms with Crippen molar-refractivity contribution >= 4 is 35.3 Å². The number of hydrogen-bond acceptors (Lipinski definition) is 6. The van der Waals surface area contributed by atoms with Crippen molar-refractivity contribution < 1.29 is 30.1 Å². The first-order valence-corrected chi connectivity index (χ1v) is 12.0. The molecule has 1 fully saturated rings. The third-order valence-electron chi connectivity index (χ3n) is 5.96. The standard InChI is InChI=1S/C22H31N3O5S.H2O/c26-20(27)13-25-19-4-2-1-3-16(19)5-6-17(21(25)28)24-18(22(29)30)14-31-12-9-15-7-10-23-11-8-15;/h1-4,15,17-18,23-24H,5-14H2,(H,26,27)(H,29,30);1H2. The first kappa shape index (κ1) is 26.1. The van der Waals surface area contributed by atoms with Gasteiger partial charge in [0.05, 0.1) is 6.04 Å². The summed E-state index contributed by atoms with van der Waals surface area (Å²) in [5.41, 5.74) is 1.48. The molecular weight excluding hydrogens is 434 g/mol. The van der Waals surface area contributed by atoms with Gasteiger partial charge in [0.1, 0.15) is 12.6 Å². The number of fused-ring (bicyclic) bond motifs is 1. The largest absolute Gasteiger partial charge is 0.480 e. The van der Waals surface area contributed by atoms with Gasteiger partial charge >= 0.3 is 11.9 Å². The average molecular weight is 468 g/mol. The third kappa shape index (κ3) is 7.19. The van der Waals surface area contributed by atoms with E-state index in [1.54, 1.807) is 23.9 Å². The van der Waals surface area contributed by atoms with Crippen molar-refractivity contribution in [3.63, 3.8) is 0 Å². The van der Waals surface area contributed by atoms with Crippen molar-refractivity contribution in [3.8, 4) is 0 Å². The lowest BCUT2D eigenvalue weighted by Gasteiger charge is -2.27. The van der Waals surface area contributed by atoms with Gasteiger partial charge in [-0.3, -0.25) is 24.6 Å². The summed E-state index contributed by atoms with van der Waals surface area (Å²) < 4.78 is 0. The van der Waals surface area contributed by atoms with Gasteiger partial charge < -0.3 is 21.0 Å². The number of amides is 1. The molecule has 1 aromatic rings. The van der Waals surface area contributed by atoms with Crippen molar-refractivity contribution in [2.24, 2.45) is 5.92 Å². The lowest BCUT2D eigenvalue weighted by Crippen LogP contribution is -2.53. The number of aliphatic carboxylic acids is 2. The molecule has 10 heteroatoms. The molecule has 0 radical (unpaired) electrons. The zero-order valence-electron chi connectivity index (χ0n) is 18.1. The fourth-order valence-corrected chi connectivity index (χ4v) is 5.36. The molecule has 0 spiro atoms. The predicted molar refractivity (Wildman–Crippen MR) is 124 cm³/mol. The number of anilines is 1. The number of thioether (sulfide) groups is 1. The molecule has 2 aliphatic rings. The van der Waals surface area contributed by atoms with E-state index in [-0.39, 0.29) is 5.48 Å². The van der Waals surface area contributed by atoms with Crippen LogP contribution in [-0.4, -0.2) is 76.8 Å². The third-order valence-corrected chi connectivity index (χ3v) is 7.05. The Kier molecular flexibility index (Phi) is 10.4. The summed E-state index contributed by atoms with van der Waals surface area (Å²) in [4.78, 5) is 37.6. The van der Waals surface area contributed by atoms with E-state index in [1.165, 1.54) is 4.90 Å². The van der Waals surface area contributed by atoms with E-state index >= 15 is 0 Å². The molecule has 2 heterocycles. The number of nitrogens with one attached hydrogen (secondary N) is 2. The molecule has 1 amide bonds. The van der Waals surface area contributed by atoms with Crippen molar-refractivity contribution in [2.45, 2.75) is 44.2 Å². The molecule has 3 rings (SSSR count). The van der Waals surface area contributed by atoms with E-state index < -0.39 is 36.5 Å². The highest BCUT2D eigenvalue weighted by Crippen LogP contribution is 2.27. The van der Waals surface area contributed by atoms with Crippen LogP contribution in [0.25, 0.3) is 0 Å². The molecule has 0 bridgehead atoms. The van der Waals surface area contributed by atoms with Gasteiger partial charge in [-0.1, -0.05) is 18.2 Å². The topological polar surface area (TPSA) is 150 Å². The molecule has 0 aliphatic carbocycles. The fourth-order valence-electron chi connectivity index (χ4n) is 4.22. The predicted octanol–water partition coefficient (Wildman–Crippen LogP) is 0.760. The van der Waals surface area contributed by atoms with Crippen molar-refractivity contribution in [1.82, 2.24) is 10.6 Å². The highest BCUT2D eigenvalue weighted by Gasteiger charge is 2.34. The van der Waals surface area contributed by atoms with Crippen molar-refractivity contribution in [2.75, 3.05) is 36.0 Å². The van der Waals surface area contributed by atoms with E-state index in [9.17, 15) is 24.6 Å². The van der Waals surface area contributed by atoms with Crippen LogP contribution in [0.1, 0.15) is 31.2 Å². The van der Waals surface area contributed by atoms with Gasteiger partial charge in [-0.2, -0.15) is 11.8 Å². The van der Waals surface area contributed by atoms with E-state index in [0.717, 1.165) is 43.7 Å². The zero-order chi connectivity index (χ0) is 22.2. The molecular formula is C22H33N3O6S. The minimum atomic E-state index is -1.10. The molecule has 2 unspecified atom stereocenters. The number of carboxylic acid groups (broad SMARTS) is 2. The van der Waals surface area contributed by atoms with Gasteiger partial charge in [-0.05, 0) is 68.5 Å². The summed E-state index contributed by atoms with van der Waals surface area (Å²) in [6, 6.07) is 5.65. The minimum Gasteiger partial charge on any atom is -0.480 e. The zero-order valence-corrected chi connectivity index (χ0v) is 18.9. The van der Waals surface area contributed by atoms with Crippen LogP contribution in [0.3, 0.4) is 0 Å². The van der Waals surface area contributed by atoms with Gasteiger partial charge in [0, 0.05) is 11.4 Å². The van der Waals surface area contributed by atoms with Crippen LogP contribution in [-0.2, 0) is 20.8 Å². The number of benzene rings is 1. The smallest absolute Gasteiger partial charge is 0.323 e. The molecule has 32 heavy (non-hydrogen) atoms. The Hall–Kier alpha value is -2.14. The number of carboxylic acids is 2. The number of rotatable bonds is 10. The lowest BCUT2D eigenvalue weighted by molar-refractivity contribution is -0.140. The van der Waals surface area contributed by atoms with Crippen LogP contribution in [0.5, 0.6) is 0 Å². The van der Waals surface area contributed by atoms with Gasteiger partial charge in [0.15, 0.2) is 0 Å². The van der Waals surface area contributed by atoms with Crippen LogP contribution < -0.4 is 15.5 Å². The van der Waals surface area contributed by atoms with Gasteiger partial charge in [-0.15, -0.1) is 0 Å². The number of nitrogens with zero attached hydrogens (tertiary/aromatic N) is 1. The Bertz CT molecular complexity index is 787. The summed E-state index contributed by atoms with van der Waals surface area (Å²) in [5, 5.41) is 25.3. The summed E-state index contributed by atoms with van der Waals surface area (Å²) in [7, 11) is 0. The fraction of sp³-hybridized carbons (Fsp3) is 0.591. The van der Waals surface area contributed by atoms with E-state index in [2.05, 4.69) is 10.6 Å². The lowest BCUT2D eigenvalue weighted by atomic mass is 9.96. The molecule has 9 nitrogen and oxygen atoms in total. The Morgan fingerprint density at radius 3 is 2.59 bits per heavy atom. The first-order chi connectivity index (χ1) is 15.0. The summed E-state index contributed by atoms with van der Waals surface area (Å²) in [6.07, 6.45) is 4.40. The maximum atomic E-state index is 13.1. The highest BCUT2D eigenvalue weighted by molar-refractivity contribution is 7.99. The van der Waals surface area contributed by atoms with Crippen LogP contribution in [0.4, 0.5) is 5.69 Å². The van der Waals surface area contributed by atoms with Crippen molar-refractivity contribution in [1.29, 1.82) is 0 Å². The number of carbonyl (C=O) groups excluding carboxylic acids is 1. The van der Waals surface area contributed by atoms with Gasteiger partial charge in [0.2, 0.25) is 5.91 Å². The Labute approximate surface area is 192 Å². The summed E-state index contributed by atoms with van der Waals surface area (Å²) in [5.74, 6) is -0.531. The maximum absolute atomic E-state index is 13.1. The van der Waals surface area contributed by atoms with Gasteiger partial charge in [0.25, 0.3) is 0 Å². The van der Waals surface area contributed by atoms with E-state index in [1.807, 2.05) is 12.1 Å². The second kappa shape index (κ2) is 12.8. The average Bonchev–Trinajstić information content (AvgIpc) is 2.88. The molecule has 6 N–H and O–H groups in total. The second-order valence-corrected chi connectivity index (χ2v) is 9.30. The Morgan fingerprint density at radius 2 is 1.91 bits per heavy atom. The Balaban J connectivity index is 0.00000363. The van der Waals surface area contributed by atoms with E-state index in [0.29, 0.717) is 30.2 Å². The summed E-state index contributed by atoms with van der Waals surface area (Å²) >= 11 is 1.59. The molecule has 1 aromatic carbocycles. The molecule has 2 aliphatic heterocycles. The number of hydrogen-bond donors (Lipinski definition) is 4. The second-order valence-electron chi connectivity index (χ2n) is 8.15. The SMILES string of the molecule is O.O=C(O)CN1C(=O)C(NC(CSCCC2CCNCC2)C(=O)O)CCc2ccccc21. The van der Waals surface area contributed by atoms with Crippen LogP contribution in [0.2, 0.25) is 0 Å². The molecule has 0 aromatic heterocycles. The number of piperidine rings is 1. The number of aryl methyl sites for hydroxylation is 1. The molecule has 0 saturated carbocycles. The monoisotopic (exact) mass is 467 g/mol. The van der Waals surface area contributed by atoms with Gasteiger partial charge in [-0.25, -0.2) is 0 Å². The van der Waals surface area contributed by atoms with Crippen LogP contribution in [0.15, 0.2) is 24.3 Å². The summed E-state index contributed by atoms with van der Waals surface area (Å²) in [6.45, 7) is 1.65. The normalized spacial score (nSPS) is 20.1.